The Kier molecular flexibility index (Phi) is 4.08. The molecule has 4 nitrogen and oxygen atoms in total. The SMILES string of the molecule is C[Si](C)OC1=COC(O[Si](C)C)=CO1. The van der Waals surface area contributed by atoms with Crippen molar-refractivity contribution in [1.29, 1.82) is 0 Å². The summed E-state index contributed by atoms with van der Waals surface area (Å²) in [6.07, 6.45) is 2.86. The highest BCUT2D eigenvalue weighted by Crippen LogP contribution is 2.15. The second-order valence-electron chi connectivity index (χ2n) is 3.13. The minimum Gasteiger partial charge on any atom is -0.516 e. The predicted molar refractivity (Wildman–Crippen MR) is 55.5 cm³/mol. The topological polar surface area (TPSA) is 36.9 Å². The van der Waals surface area contributed by atoms with E-state index in [4.69, 9.17) is 18.3 Å². The third-order valence-corrected chi connectivity index (χ3v) is 2.37. The fraction of sp³-hybridized carbons (Fsp3) is 0.500. The summed E-state index contributed by atoms with van der Waals surface area (Å²) in [7, 11) is -1.62. The average molecular weight is 230 g/mol. The molecule has 6 heteroatoms. The lowest BCUT2D eigenvalue weighted by Gasteiger charge is -2.18. The Morgan fingerprint density at radius 1 is 0.857 bits per heavy atom. The Bertz CT molecular complexity index is 222. The number of ether oxygens (including phenoxy) is 2. The monoisotopic (exact) mass is 230 g/mol. The van der Waals surface area contributed by atoms with Gasteiger partial charge in [-0.15, -0.1) is 0 Å². The summed E-state index contributed by atoms with van der Waals surface area (Å²) in [5, 5.41) is 0. The van der Waals surface area contributed by atoms with E-state index < -0.39 is 18.1 Å². The van der Waals surface area contributed by atoms with E-state index in [1.807, 2.05) is 26.2 Å². The van der Waals surface area contributed by atoms with E-state index in [0.29, 0.717) is 11.9 Å². The smallest absolute Gasteiger partial charge is 0.307 e. The first-order valence-corrected chi connectivity index (χ1v) is 9.09. The molecule has 0 aromatic heterocycles. The summed E-state index contributed by atoms with van der Waals surface area (Å²) in [5.41, 5.74) is 0. The summed E-state index contributed by atoms with van der Waals surface area (Å²) < 4.78 is 21.1. The predicted octanol–water partition coefficient (Wildman–Crippen LogP) is 2.17. The van der Waals surface area contributed by atoms with Gasteiger partial charge in [-0.25, -0.2) is 0 Å². The molecule has 0 bridgehead atoms. The van der Waals surface area contributed by atoms with Crippen molar-refractivity contribution in [1.82, 2.24) is 0 Å². The van der Waals surface area contributed by atoms with E-state index in [0.717, 1.165) is 0 Å². The number of hydrogen-bond acceptors (Lipinski definition) is 4. The molecule has 0 spiro atoms. The van der Waals surface area contributed by atoms with Crippen LogP contribution in [0.4, 0.5) is 0 Å². The van der Waals surface area contributed by atoms with Crippen molar-refractivity contribution in [2.24, 2.45) is 0 Å². The molecule has 0 atom stereocenters. The highest BCUT2D eigenvalue weighted by molar-refractivity contribution is 6.49. The van der Waals surface area contributed by atoms with Crippen LogP contribution in [0.15, 0.2) is 24.4 Å². The van der Waals surface area contributed by atoms with Gasteiger partial charge in [0, 0.05) is 0 Å². The molecule has 0 saturated carbocycles. The quantitative estimate of drug-likeness (QED) is 0.694. The second kappa shape index (κ2) is 5.11. The summed E-state index contributed by atoms with van der Waals surface area (Å²) >= 11 is 0. The molecule has 1 rings (SSSR count). The molecule has 0 aromatic carbocycles. The van der Waals surface area contributed by atoms with E-state index >= 15 is 0 Å². The van der Waals surface area contributed by atoms with Crippen LogP contribution in [0.5, 0.6) is 0 Å². The van der Waals surface area contributed by atoms with Crippen LogP contribution in [0, 0.1) is 0 Å². The van der Waals surface area contributed by atoms with Crippen LogP contribution in [0.2, 0.25) is 26.2 Å². The fourth-order valence-electron chi connectivity index (χ4n) is 0.767. The highest BCUT2D eigenvalue weighted by Gasteiger charge is 2.13. The van der Waals surface area contributed by atoms with Crippen molar-refractivity contribution < 1.29 is 18.3 Å². The molecule has 0 saturated heterocycles. The number of hydrogen-bond donors (Lipinski definition) is 0. The van der Waals surface area contributed by atoms with E-state index in [1.165, 1.54) is 12.5 Å². The first-order valence-electron chi connectivity index (χ1n) is 4.27. The molecule has 2 radical (unpaired) electrons. The molecule has 0 aromatic rings. The van der Waals surface area contributed by atoms with E-state index in [9.17, 15) is 0 Å². The molecule has 14 heavy (non-hydrogen) atoms. The van der Waals surface area contributed by atoms with Crippen molar-refractivity contribution in [3.8, 4) is 0 Å². The van der Waals surface area contributed by atoms with E-state index in [2.05, 4.69) is 0 Å². The molecule has 0 N–H and O–H groups in total. The molecule has 78 valence electrons. The van der Waals surface area contributed by atoms with E-state index in [1.54, 1.807) is 0 Å². The molecule has 0 aliphatic carbocycles. The highest BCUT2D eigenvalue weighted by atomic mass is 28.3. The largest absolute Gasteiger partial charge is 0.516 e. The molecule has 1 heterocycles. The second-order valence-corrected chi connectivity index (χ2v) is 7.17. The van der Waals surface area contributed by atoms with Gasteiger partial charge in [0.2, 0.25) is 0 Å². The van der Waals surface area contributed by atoms with Crippen LogP contribution in [-0.2, 0) is 18.3 Å². The maximum absolute atomic E-state index is 5.37. The van der Waals surface area contributed by atoms with Gasteiger partial charge in [0.15, 0.2) is 12.5 Å². The molecule has 0 amide bonds. The summed E-state index contributed by atoms with van der Waals surface area (Å²) in [6.45, 7) is 8.07. The van der Waals surface area contributed by atoms with Gasteiger partial charge in [-0.3, -0.25) is 0 Å². The fourth-order valence-corrected chi connectivity index (χ4v) is 1.76. The molecular formula is C8H14O4Si2. The average Bonchev–Trinajstić information content (AvgIpc) is 2.06. The Hall–Kier alpha value is -0.886. The first-order chi connectivity index (χ1) is 6.58. The van der Waals surface area contributed by atoms with Gasteiger partial charge >= 0.3 is 11.9 Å². The van der Waals surface area contributed by atoms with Crippen molar-refractivity contribution in [2.45, 2.75) is 26.2 Å². The zero-order valence-electron chi connectivity index (χ0n) is 8.79. The Morgan fingerprint density at radius 2 is 1.21 bits per heavy atom. The van der Waals surface area contributed by atoms with Gasteiger partial charge in [-0.2, -0.15) is 0 Å². The van der Waals surface area contributed by atoms with Crippen LogP contribution in [0.3, 0.4) is 0 Å². The van der Waals surface area contributed by atoms with Crippen LogP contribution >= 0.6 is 0 Å². The summed E-state index contributed by atoms with van der Waals surface area (Å²) in [5.74, 6) is 0.800. The minimum atomic E-state index is -0.810. The van der Waals surface area contributed by atoms with Crippen LogP contribution in [0.1, 0.15) is 0 Å². The molecule has 1 aliphatic heterocycles. The van der Waals surface area contributed by atoms with E-state index in [-0.39, 0.29) is 0 Å². The van der Waals surface area contributed by atoms with Gasteiger partial charge in [-0.05, 0) is 26.2 Å². The summed E-state index contributed by atoms with van der Waals surface area (Å²) in [6, 6.07) is 0. The van der Waals surface area contributed by atoms with Crippen molar-refractivity contribution in [3.05, 3.63) is 24.4 Å². The number of rotatable bonds is 4. The maximum atomic E-state index is 5.37. The van der Waals surface area contributed by atoms with Crippen molar-refractivity contribution >= 4 is 18.1 Å². The van der Waals surface area contributed by atoms with Crippen LogP contribution in [0.25, 0.3) is 0 Å². The Morgan fingerprint density at radius 3 is 1.43 bits per heavy atom. The third kappa shape index (κ3) is 3.88. The first kappa shape index (κ1) is 11.2. The van der Waals surface area contributed by atoms with Gasteiger partial charge < -0.3 is 18.3 Å². The van der Waals surface area contributed by atoms with Crippen molar-refractivity contribution in [2.75, 3.05) is 0 Å². The zero-order chi connectivity index (χ0) is 10.6. The maximum Gasteiger partial charge on any atom is 0.307 e. The standard InChI is InChI=1S/C8H14O4Si2/c1-13(2)11-7-5-10-8(6-9-7)12-14(3)4/h5-6H,1-4H3. The van der Waals surface area contributed by atoms with Gasteiger partial charge in [0.25, 0.3) is 18.1 Å². The normalized spacial score (nSPS) is 15.6. The van der Waals surface area contributed by atoms with Gasteiger partial charge in [0.05, 0.1) is 0 Å². The molecule has 1 aliphatic rings. The Labute approximate surface area is 87.6 Å². The zero-order valence-corrected chi connectivity index (χ0v) is 10.8. The molecule has 0 fully saturated rings. The molecule has 0 unspecified atom stereocenters. The van der Waals surface area contributed by atoms with Gasteiger partial charge in [0.1, 0.15) is 0 Å². The lowest BCUT2D eigenvalue weighted by molar-refractivity contribution is 0.0810. The lowest BCUT2D eigenvalue weighted by atomic mass is 10.8. The van der Waals surface area contributed by atoms with Crippen LogP contribution in [-0.4, -0.2) is 18.1 Å². The van der Waals surface area contributed by atoms with Crippen LogP contribution < -0.4 is 0 Å². The minimum absolute atomic E-state index is 0.400. The van der Waals surface area contributed by atoms with Crippen molar-refractivity contribution in [3.63, 3.8) is 0 Å². The third-order valence-electron chi connectivity index (χ3n) is 1.15. The Balaban J connectivity index is 2.36. The van der Waals surface area contributed by atoms with Gasteiger partial charge in [-0.1, -0.05) is 0 Å². The lowest BCUT2D eigenvalue weighted by Crippen LogP contribution is -2.14. The molecular weight excluding hydrogens is 216 g/mol. The summed E-state index contributed by atoms with van der Waals surface area (Å²) in [4.78, 5) is 0.